The van der Waals surface area contributed by atoms with Gasteiger partial charge in [-0.05, 0) is 25.8 Å². The van der Waals surface area contributed by atoms with E-state index >= 15 is 0 Å². The molecule has 1 saturated carbocycles. The summed E-state index contributed by atoms with van der Waals surface area (Å²) in [6, 6.07) is 4.00. The van der Waals surface area contributed by atoms with E-state index in [-0.39, 0.29) is 24.2 Å². The molecule has 1 atom stereocenters. The van der Waals surface area contributed by atoms with E-state index in [0.29, 0.717) is 11.6 Å². The van der Waals surface area contributed by atoms with Crippen molar-refractivity contribution >= 4 is 5.91 Å². The Hall–Kier alpha value is -1.62. The average molecular weight is 252 g/mol. The van der Waals surface area contributed by atoms with Crippen molar-refractivity contribution in [2.45, 2.75) is 31.8 Å². The van der Waals surface area contributed by atoms with Crippen molar-refractivity contribution in [3.8, 4) is 5.75 Å². The summed E-state index contributed by atoms with van der Waals surface area (Å²) in [6.45, 7) is 2.01. The van der Waals surface area contributed by atoms with E-state index in [2.05, 4.69) is 10.6 Å². The van der Waals surface area contributed by atoms with Gasteiger partial charge in [-0.25, -0.2) is 4.39 Å². The van der Waals surface area contributed by atoms with Crippen LogP contribution in [0.1, 0.15) is 31.4 Å². The number of hydrogen-bond acceptors (Lipinski definition) is 3. The van der Waals surface area contributed by atoms with Gasteiger partial charge in [0.25, 0.3) is 0 Å². The Morgan fingerprint density at radius 2 is 2.28 bits per heavy atom. The molecule has 18 heavy (non-hydrogen) atoms. The third-order valence-electron chi connectivity index (χ3n) is 2.97. The molecule has 1 aliphatic carbocycles. The smallest absolute Gasteiger partial charge is 0.234 e. The van der Waals surface area contributed by atoms with Crippen LogP contribution in [0.15, 0.2) is 18.2 Å². The Balaban J connectivity index is 1.86. The van der Waals surface area contributed by atoms with Crippen LogP contribution in [0.3, 0.4) is 0 Å². The normalized spacial score (nSPS) is 16.3. The number of nitrogens with one attached hydrogen (secondary N) is 2. The lowest BCUT2D eigenvalue weighted by atomic mass is 10.1. The maximum absolute atomic E-state index is 12.8. The molecule has 0 bridgehead atoms. The van der Waals surface area contributed by atoms with Crippen molar-refractivity contribution in [3.05, 3.63) is 29.6 Å². The van der Waals surface area contributed by atoms with Gasteiger partial charge in [-0.1, -0.05) is 6.07 Å². The quantitative estimate of drug-likeness (QED) is 0.743. The first-order valence-electron chi connectivity index (χ1n) is 6.07. The molecule has 4 nitrogen and oxygen atoms in total. The van der Waals surface area contributed by atoms with Crippen LogP contribution in [-0.4, -0.2) is 23.6 Å². The summed E-state index contributed by atoms with van der Waals surface area (Å²) in [6.07, 6.45) is 2.11. The molecule has 1 aromatic rings. The summed E-state index contributed by atoms with van der Waals surface area (Å²) >= 11 is 0. The maximum atomic E-state index is 12.8. The SMILES string of the molecule is CC(NCC(=O)NC1CC1)c1ccc(F)cc1O. The molecule has 0 radical (unpaired) electrons. The van der Waals surface area contributed by atoms with Crippen LogP contribution in [-0.2, 0) is 4.79 Å². The molecule has 1 unspecified atom stereocenters. The molecule has 0 heterocycles. The number of amides is 1. The second kappa shape index (κ2) is 5.35. The van der Waals surface area contributed by atoms with E-state index < -0.39 is 5.82 Å². The topological polar surface area (TPSA) is 61.4 Å². The van der Waals surface area contributed by atoms with Gasteiger partial charge in [0.05, 0.1) is 6.54 Å². The Labute approximate surface area is 105 Å². The molecular weight excluding hydrogens is 235 g/mol. The Bertz CT molecular complexity index is 447. The first-order valence-corrected chi connectivity index (χ1v) is 6.07. The molecule has 98 valence electrons. The minimum Gasteiger partial charge on any atom is -0.508 e. The summed E-state index contributed by atoms with van der Waals surface area (Å²) in [7, 11) is 0. The molecule has 1 fully saturated rings. The number of rotatable bonds is 5. The van der Waals surface area contributed by atoms with E-state index in [4.69, 9.17) is 0 Å². The largest absolute Gasteiger partial charge is 0.508 e. The van der Waals surface area contributed by atoms with Crippen LogP contribution in [0.4, 0.5) is 4.39 Å². The summed E-state index contributed by atoms with van der Waals surface area (Å²) in [5.74, 6) is -0.626. The minimum absolute atomic E-state index is 0.0500. The fourth-order valence-corrected chi connectivity index (χ4v) is 1.75. The van der Waals surface area contributed by atoms with Gasteiger partial charge in [-0.15, -0.1) is 0 Å². The molecular formula is C13H17FN2O2. The summed E-state index contributed by atoms with van der Waals surface area (Å²) in [5.41, 5.74) is 0.579. The van der Waals surface area contributed by atoms with E-state index in [1.807, 2.05) is 6.92 Å². The van der Waals surface area contributed by atoms with E-state index in [1.165, 1.54) is 12.1 Å². The van der Waals surface area contributed by atoms with Crippen molar-refractivity contribution in [3.63, 3.8) is 0 Å². The van der Waals surface area contributed by atoms with E-state index in [1.54, 1.807) is 0 Å². The van der Waals surface area contributed by atoms with E-state index in [9.17, 15) is 14.3 Å². The van der Waals surface area contributed by atoms with Crippen molar-refractivity contribution in [2.24, 2.45) is 0 Å². The highest BCUT2D eigenvalue weighted by Crippen LogP contribution is 2.24. The molecule has 0 saturated heterocycles. The van der Waals surface area contributed by atoms with Crippen LogP contribution in [0.2, 0.25) is 0 Å². The first-order chi connectivity index (χ1) is 8.56. The summed E-state index contributed by atoms with van der Waals surface area (Å²) in [5, 5.41) is 15.5. The van der Waals surface area contributed by atoms with Crippen molar-refractivity contribution < 1.29 is 14.3 Å². The van der Waals surface area contributed by atoms with E-state index in [0.717, 1.165) is 18.9 Å². The van der Waals surface area contributed by atoms with Crippen LogP contribution >= 0.6 is 0 Å². The molecule has 1 aliphatic rings. The maximum Gasteiger partial charge on any atom is 0.234 e. The lowest BCUT2D eigenvalue weighted by molar-refractivity contribution is -0.120. The summed E-state index contributed by atoms with van der Waals surface area (Å²) in [4.78, 5) is 11.5. The van der Waals surface area contributed by atoms with Gasteiger partial charge >= 0.3 is 0 Å². The fraction of sp³-hybridized carbons (Fsp3) is 0.462. The second-order valence-corrected chi connectivity index (χ2v) is 4.65. The van der Waals surface area contributed by atoms with Gasteiger partial charge in [0.1, 0.15) is 11.6 Å². The Morgan fingerprint density at radius 3 is 2.89 bits per heavy atom. The second-order valence-electron chi connectivity index (χ2n) is 4.65. The Kier molecular flexibility index (Phi) is 3.81. The lowest BCUT2D eigenvalue weighted by Gasteiger charge is -2.15. The van der Waals surface area contributed by atoms with Crippen LogP contribution in [0, 0.1) is 5.82 Å². The molecule has 3 N–H and O–H groups in total. The number of phenols is 1. The van der Waals surface area contributed by atoms with Crippen LogP contribution < -0.4 is 10.6 Å². The minimum atomic E-state index is -0.477. The third kappa shape index (κ3) is 3.43. The zero-order valence-corrected chi connectivity index (χ0v) is 10.2. The molecule has 1 amide bonds. The van der Waals surface area contributed by atoms with Gasteiger partial charge in [0, 0.05) is 23.7 Å². The molecule has 5 heteroatoms. The number of benzene rings is 1. The molecule has 0 spiro atoms. The van der Waals surface area contributed by atoms with Gasteiger partial charge < -0.3 is 15.7 Å². The molecule has 0 aromatic heterocycles. The number of phenolic OH excluding ortho intramolecular Hbond substituents is 1. The summed E-state index contributed by atoms with van der Waals surface area (Å²) < 4.78 is 12.8. The van der Waals surface area contributed by atoms with Crippen LogP contribution in [0.25, 0.3) is 0 Å². The van der Waals surface area contributed by atoms with Gasteiger partial charge in [-0.3, -0.25) is 4.79 Å². The molecule has 1 aromatic carbocycles. The highest BCUT2D eigenvalue weighted by molar-refractivity contribution is 5.78. The highest BCUT2D eigenvalue weighted by Gasteiger charge is 2.23. The fourth-order valence-electron chi connectivity index (χ4n) is 1.75. The number of carbonyl (C=O) groups is 1. The predicted molar refractivity (Wildman–Crippen MR) is 65.6 cm³/mol. The predicted octanol–water partition coefficient (Wildman–Crippen LogP) is 1.46. The zero-order valence-electron chi connectivity index (χ0n) is 10.2. The zero-order chi connectivity index (χ0) is 13.1. The van der Waals surface area contributed by atoms with Crippen LogP contribution in [0.5, 0.6) is 5.75 Å². The Morgan fingerprint density at radius 1 is 1.56 bits per heavy atom. The number of aromatic hydroxyl groups is 1. The molecule has 2 rings (SSSR count). The van der Waals surface area contributed by atoms with Crippen molar-refractivity contribution in [1.82, 2.24) is 10.6 Å². The number of hydrogen-bond donors (Lipinski definition) is 3. The van der Waals surface area contributed by atoms with Gasteiger partial charge in [-0.2, -0.15) is 0 Å². The monoisotopic (exact) mass is 252 g/mol. The average Bonchev–Trinajstić information content (AvgIpc) is 3.10. The standard InChI is InChI=1S/C13H17FN2O2/c1-8(11-5-2-9(14)6-12(11)17)15-7-13(18)16-10-3-4-10/h2,5-6,8,10,15,17H,3-4,7H2,1H3,(H,16,18). The van der Waals surface area contributed by atoms with Gasteiger partial charge in [0.15, 0.2) is 0 Å². The number of halogens is 1. The number of carbonyl (C=O) groups excluding carboxylic acids is 1. The van der Waals surface area contributed by atoms with Crippen molar-refractivity contribution in [2.75, 3.05) is 6.54 Å². The third-order valence-corrected chi connectivity index (χ3v) is 2.97. The first kappa shape index (κ1) is 12.8. The molecule has 0 aliphatic heterocycles. The lowest BCUT2D eigenvalue weighted by Crippen LogP contribution is -2.36. The van der Waals surface area contributed by atoms with Gasteiger partial charge in [0.2, 0.25) is 5.91 Å². The van der Waals surface area contributed by atoms with Crippen molar-refractivity contribution in [1.29, 1.82) is 0 Å². The highest BCUT2D eigenvalue weighted by atomic mass is 19.1.